The minimum atomic E-state index is -0.563. The first-order valence-electron chi connectivity index (χ1n) is 13.8. The van der Waals surface area contributed by atoms with Crippen LogP contribution in [0.15, 0.2) is 87.2 Å². The van der Waals surface area contributed by atoms with E-state index in [0.29, 0.717) is 30.8 Å². The normalized spacial score (nSPS) is 16.6. The Hall–Kier alpha value is -4.46. The molecule has 2 aromatic carbocycles. The molecule has 40 heavy (non-hydrogen) atoms. The number of allylic oxidation sites excluding steroid dienone is 4. The van der Waals surface area contributed by atoms with Crippen molar-refractivity contribution in [3.63, 3.8) is 0 Å². The van der Waals surface area contributed by atoms with Crippen LogP contribution in [0, 0.1) is 0 Å². The van der Waals surface area contributed by atoms with Gasteiger partial charge in [0.2, 0.25) is 0 Å². The molecular weight excluding hydrogens is 504 g/mol. The Kier molecular flexibility index (Phi) is 7.96. The zero-order valence-electron chi connectivity index (χ0n) is 23.1. The van der Waals surface area contributed by atoms with E-state index < -0.39 is 11.2 Å². The van der Waals surface area contributed by atoms with Crippen molar-refractivity contribution in [1.29, 1.82) is 0 Å². The molecule has 2 heterocycles. The SMILES string of the molecule is CCCCc1ncn(-c2ccc(OCC)cc2)c(=O)c1Cc1ccc(C2=CC=CCC2(C)c2noc(=O)[nH]2)cc1. The summed E-state index contributed by atoms with van der Waals surface area (Å²) in [6, 6.07) is 15.7. The minimum absolute atomic E-state index is 0.0583. The lowest BCUT2D eigenvalue weighted by molar-refractivity contribution is 0.340. The first kappa shape index (κ1) is 27.1. The maximum Gasteiger partial charge on any atom is 0.438 e. The second kappa shape index (κ2) is 11.7. The van der Waals surface area contributed by atoms with Crippen LogP contribution in [0.1, 0.15) is 68.2 Å². The van der Waals surface area contributed by atoms with E-state index in [-0.39, 0.29) is 5.56 Å². The predicted octanol–water partition coefficient (Wildman–Crippen LogP) is 5.54. The number of nitrogens with one attached hydrogen (secondary N) is 1. The first-order chi connectivity index (χ1) is 19.4. The van der Waals surface area contributed by atoms with Gasteiger partial charge in [-0.3, -0.25) is 18.9 Å². The summed E-state index contributed by atoms with van der Waals surface area (Å²) in [5, 5.41) is 3.98. The number of rotatable bonds is 10. The van der Waals surface area contributed by atoms with Gasteiger partial charge in [-0.05, 0) is 74.1 Å². The van der Waals surface area contributed by atoms with Gasteiger partial charge < -0.3 is 4.74 Å². The Morgan fingerprint density at radius 3 is 2.52 bits per heavy atom. The molecule has 0 saturated heterocycles. The average molecular weight is 539 g/mol. The monoisotopic (exact) mass is 538 g/mol. The van der Waals surface area contributed by atoms with Gasteiger partial charge >= 0.3 is 5.76 Å². The van der Waals surface area contributed by atoms with Gasteiger partial charge in [-0.1, -0.05) is 61.0 Å². The van der Waals surface area contributed by atoms with Crippen molar-refractivity contribution in [2.24, 2.45) is 0 Å². The molecule has 0 bridgehead atoms. The first-order valence-corrected chi connectivity index (χ1v) is 13.8. The summed E-state index contributed by atoms with van der Waals surface area (Å²) in [4.78, 5) is 32.9. The van der Waals surface area contributed by atoms with Crippen LogP contribution in [0.4, 0.5) is 0 Å². The molecule has 0 fully saturated rings. The maximum absolute atomic E-state index is 13.8. The Morgan fingerprint density at radius 2 is 1.85 bits per heavy atom. The second-order valence-corrected chi connectivity index (χ2v) is 10.2. The molecule has 5 rings (SSSR count). The van der Waals surface area contributed by atoms with E-state index in [1.807, 2.05) is 50.3 Å². The van der Waals surface area contributed by atoms with E-state index in [9.17, 15) is 9.59 Å². The number of nitrogens with zero attached hydrogens (tertiary/aromatic N) is 3. The van der Waals surface area contributed by atoms with Crippen LogP contribution in [-0.2, 0) is 18.3 Å². The highest BCUT2D eigenvalue weighted by Crippen LogP contribution is 2.41. The minimum Gasteiger partial charge on any atom is -0.494 e. The van der Waals surface area contributed by atoms with Crippen molar-refractivity contribution < 1.29 is 9.26 Å². The van der Waals surface area contributed by atoms with Gasteiger partial charge in [0.1, 0.15) is 12.1 Å². The Bertz CT molecular complexity index is 1640. The standard InChI is InChI=1S/C32H34N4O4/c1-4-6-10-28-26(29(37)36(21-33-28)24-15-17-25(18-16-24)39-5-2)20-22-11-13-23(14-12-22)27-9-7-8-19-32(27,3)30-34-31(38)40-35-30/h7-9,11-18,21H,4-6,10,19-20H2,1-3H3,(H,34,35,38). The van der Waals surface area contributed by atoms with E-state index >= 15 is 0 Å². The van der Waals surface area contributed by atoms with Crippen LogP contribution >= 0.6 is 0 Å². The number of hydrogen-bond acceptors (Lipinski definition) is 6. The average Bonchev–Trinajstić information content (AvgIpc) is 3.42. The fraction of sp³-hybridized carbons (Fsp3) is 0.312. The van der Waals surface area contributed by atoms with Crippen molar-refractivity contribution >= 4 is 5.57 Å². The molecule has 0 aliphatic heterocycles. The predicted molar refractivity (Wildman–Crippen MR) is 155 cm³/mol. The van der Waals surface area contributed by atoms with Gasteiger partial charge in [0.05, 0.1) is 23.4 Å². The lowest BCUT2D eigenvalue weighted by atomic mass is 9.73. The van der Waals surface area contributed by atoms with Crippen LogP contribution in [0.2, 0.25) is 0 Å². The van der Waals surface area contributed by atoms with Crippen molar-refractivity contribution in [2.45, 2.75) is 58.3 Å². The van der Waals surface area contributed by atoms with E-state index in [1.54, 1.807) is 10.9 Å². The summed E-state index contributed by atoms with van der Waals surface area (Å²) >= 11 is 0. The van der Waals surface area contributed by atoms with E-state index in [1.165, 1.54) is 0 Å². The third-order valence-corrected chi connectivity index (χ3v) is 7.48. The van der Waals surface area contributed by atoms with Crippen molar-refractivity contribution in [1.82, 2.24) is 19.7 Å². The lowest BCUT2D eigenvalue weighted by Gasteiger charge is -2.31. The summed E-state index contributed by atoms with van der Waals surface area (Å²) in [6.45, 7) is 6.71. The number of hydrogen-bond donors (Lipinski definition) is 1. The number of H-pyrrole nitrogens is 1. The number of unbranched alkanes of at least 4 members (excludes halogenated alkanes) is 1. The largest absolute Gasteiger partial charge is 0.494 e. The van der Waals surface area contributed by atoms with Crippen LogP contribution in [0.3, 0.4) is 0 Å². The zero-order chi connectivity index (χ0) is 28.1. The van der Waals surface area contributed by atoms with E-state index in [2.05, 4.69) is 47.4 Å². The van der Waals surface area contributed by atoms with E-state index in [4.69, 9.17) is 14.2 Å². The number of aromatic nitrogens is 4. The molecule has 1 unspecified atom stereocenters. The quantitative estimate of drug-likeness (QED) is 0.284. The summed E-state index contributed by atoms with van der Waals surface area (Å²) < 4.78 is 12.0. The molecule has 206 valence electrons. The fourth-order valence-corrected chi connectivity index (χ4v) is 5.19. The summed E-state index contributed by atoms with van der Waals surface area (Å²) in [5.74, 6) is 0.705. The lowest BCUT2D eigenvalue weighted by Crippen LogP contribution is -2.27. The molecule has 8 heteroatoms. The summed E-state index contributed by atoms with van der Waals surface area (Å²) in [6.07, 6.45) is 11.7. The molecule has 0 spiro atoms. The third-order valence-electron chi connectivity index (χ3n) is 7.48. The van der Waals surface area contributed by atoms with E-state index in [0.717, 1.165) is 53.1 Å². The fourth-order valence-electron chi connectivity index (χ4n) is 5.19. The highest BCUT2D eigenvalue weighted by Gasteiger charge is 2.36. The molecule has 0 saturated carbocycles. The van der Waals surface area contributed by atoms with Gasteiger partial charge in [-0.2, -0.15) is 0 Å². The highest BCUT2D eigenvalue weighted by atomic mass is 16.5. The van der Waals surface area contributed by atoms with Gasteiger partial charge in [0.25, 0.3) is 5.56 Å². The number of aryl methyl sites for hydroxylation is 1. The molecule has 1 aliphatic carbocycles. The van der Waals surface area contributed by atoms with Crippen molar-refractivity contribution in [3.05, 3.63) is 122 Å². The van der Waals surface area contributed by atoms with Crippen LogP contribution in [-0.4, -0.2) is 26.3 Å². The Balaban J connectivity index is 1.46. The smallest absolute Gasteiger partial charge is 0.438 e. The second-order valence-electron chi connectivity index (χ2n) is 10.2. The zero-order valence-corrected chi connectivity index (χ0v) is 23.1. The molecule has 4 aromatic rings. The molecule has 1 aliphatic rings. The van der Waals surface area contributed by atoms with Gasteiger partial charge in [-0.15, -0.1) is 0 Å². The van der Waals surface area contributed by atoms with Gasteiger partial charge in [-0.25, -0.2) is 9.78 Å². The van der Waals surface area contributed by atoms with Crippen LogP contribution in [0.5, 0.6) is 5.75 Å². The topological polar surface area (TPSA) is 103 Å². The molecule has 2 aromatic heterocycles. The number of ether oxygens (including phenoxy) is 1. The van der Waals surface area contributed by atoms with Crippen LogP contribution < -0.4 is 16.1 Å². The molecule has 0 amide bonds. The van der Waals surface area contributed by atoms with Crippen molar-refractivity contribution in [3.8, 4) is 11.4 Å². The molecule has 1 atom stereocenters. The summed E-state index contributed by atoms with van der Waals surface area (Å²) in [5.41, 5.74) is 4.80. The van der Waals surface area contributed by atoms with Crippen molar-refractivity contribution in [2.75, 3.05) is 6.61 Å². The molecule has 1 N–H and O–H groups in total. The van der Waals surface area contributed by atoms with Gasteiger partial charge in [0, 0.05) is 12.0 Å². The number of aromatic amines is 1. The number of benzene rings is 2. The third kappa shape index (κ3) is 5.47. The molecular formula is C32H34N4O4. The molecule has 0 radical (unpaired) electrons. The Labute approximate surface area is 233 Å². The van der Waals surface area contributed by atoms with Crippen LogP contribution in [0.25, 0.3) is 11.3 Å². The summed E-state index contributed by atoms with van der Waals surface area (Å²) in [7, 11) is 0. The van der Waals surface area contributed by atoms with Gasteiger partial charge in [0.15, 0.2) is 5.82 Å². The highest BCUT2D eigenvalue weighted by molar-refractivity contribution is 5.76. The Morgan fingerprint density at radius 1 is 1.07 bits per heavy atom. The molecule has 8 nitrogen and oxygen atoms in total. The maximum atomic E-state index is 13.8.